The van der Waals surface area contributed by atoms with Gasteiger partial charge in [-0.15, -0.1) is 0 Å². The van der Waals surface area contributed by atoms with E-state index in [1.165, 1.54) is 12.8 Å². The number of non-ortho nitro benzene ring substituents is 1. The second-order valence-corrected chi connectivity index (χ2v) is 12.0. The van der Waals surface area contributed by atoms with Gasteiger partial charge >= 0.3 is 0 Å². The standard InChI is InChI=1S/C31H40N6O5/c1-32-30(40)10-9-28(20-39)33(2)18-24-15-27(4-3-23(24)19-38)36-21-31(22-36)16-29(17-31)35-13-11-34(12-14-35)25-5-7-26(8-6-25)37(41)42/h3-8,15,19-20,28-29H,9-14,16-18,21-22H2,1-2H3,(H,32,40). The minimum absolute atomic E-state index is 0.0970. The Morgan fingerprint density at radius 3 is 2.33 bits per heavy atom. The Morgan fingerprint density at radius 1 is 1.07 bits per heavy atom. The molecule has 1 N–H and O–H groups in total. The number of benzene rings is 2. The lowest BCUT2D eigenvalue weighted by molar-refractivity contribution is -0.384. The maximum Gasteiger partial charge on any atom is 0.269 e. The van der Waals surface area contributed by atoms with Gasteiger partial charge in [-0.2, -0.15) is 0 Å². The van der Waals surface area contributed by atoms with Crippen molar-refractivity contribution >= 4 is 35.5 Å². The number of carbonyl (C=O) groups is 3. The van der Waals surface area contributed by atoms with Crippen molar-refractivity contribution in [1.29, 1.82) is 0 Å². The van der Waals surface area contributed by atoms with E-state index in [2.05, 4.69) is 26.1 Å². The van der Waals surface area contributed by atoms with Crippen molar-refractivity contribution in [3.63, 3.8) is 0 Å². The Bertz CT molecular complexity index is 1300. The monoisotopic (exact) mass is 576 g/mol. The van der Waals surface area contributed by atoms with E-state index in [0.717, 1.165) is 68.8 Å². The highest BCUT2D eigenvalue weighted by atomic mass is 16.6. The molecule has 2 saturated heterocycles. The zero-order valence-corrected chi connectivity index (χ0v) is 24.4. The first-order valence-corrected chi connectivity index (χ1v) is 14.7. The first kappa shape index (κ1) is 29.7. The van der Waals surface area contributed by atoms with Gasteiger partial charge in [-0.3, -0.25) is 29.5 Å². The van der Waals surface area contributed by atoms with Crippen LogP contribution in [0.2, 0.25) is 0 Å². The van der Waals surface area contributed by atoms with E-state index in [9.17, 15) is 24.5 Å². The molecule has 3 fully saturated rings. The molecule has 1 aliphatic carbocycles. The van der Waals surface area contributed by atoms with Crippen LogP contribution in [0.15, 0.2) is 42.5 Å². The largest absolute Gasteiger partial charge is 0.370 e. The number of nitro groups is 1. The molecular formula is C31H40N6O5. The summed E-state index contributed by atoms with van der Waals surface area (Å²) in [6.45, 7) is 6.30. The first-order chi connectivity index (χ1) is 20.2. The molecule has 42 heavy (non-hydrogen) atoms. The lowest BCUT2D eigenvalue weighted by Crippen LogP contribution is -2.68. The van der Waals surface area contributed by atoms with Gasteiger partial charge in [0.25, 0.3) is 5.69 Å². The normalized spacial score (nSPS) is 19.2. The van der Waals surface area contributed by atoms with Gasteiger partial charge in [-0.1, -0.05) is 0 Å². The van der Waals surface area contributed by atoms with Crippen LogP contribution in [-0.2, 0) is 16.1 Å². The van der Waals surface area contributed by atoms with Crippen LogP contribution in [0.5, 0.6) is 0 Å². The molecule has 1 atom stereocenters. The summed E-state index contributed by atoms with van der Waals surface area (Å²) < 4.78 is 0. The molecule has 1 saturated carbocycles. The van der Waals surface area contributed by atoms with Crippen LogP contribution >= 0.6 is 0 Å². The fourth-order valence-electron chi connectivity index (χ4n) is 6.76. The van der Waals surface area contributed by atoms with Crippen molar-refractivity contribution in [2.24, 2.45) is 5.41 Å². The van der Waals surface area contributed by atoms with E-state index in [-0.39, 0.29) is 22.9 Å². The van der Waals surface area contributed by atoms with Crippen molar-refractivity contribution in [2.45, 2.75) is 44.3 Å². The molecule has 0 radical (unpaired) electrons. The highest BCUT2D eigenvalue weighted by Gasteiger charge is 2.54. The lowest BCUT2D eigenvalue weighted by Gasteiger charge is -2.62. The molecule has 2 heterocycles. The summed E-state index contributed by atoms with van der Waals surface area (Å²) in [6, 6.07) is 13.0. The number of nitrogens with one attached hydrogen (secondary N) is 1. The van der Waals surface area contributed by atoms with Crippen LogP contribution in [0, 0.1) is 15.5 Å². The number of likely N-dealkylation sites (N-methyl/N-ethyl adjacent to an activating group) is 1. The number of rotatable bonds is 12. The highest BCUT2D eigenvalue weighted by Crippen LogP contribution is 2.51. The number of hydrogen-bond donors (Lipinski definition) is 1. The zero-order chi connectivity index (χ0) is 29.9. The van der Waals surface area contributed by atoms with E-state index in [4.69, 9.17) is 0 Å². The average Bonchev–Trinajstić information content (AvgIpc) is 2.96. The lowest BCUT2D eigenvalue weighted by atomic mass is 9.60. The van der Waals surface area contributed by atoms with Gasteiger partial charge in [0.05, 0.1) is 11.0 Å². The van der Waals surface area contributed by atoms with E-state index >= 15 is 0 Å². The van der Waals surface area contributed by atoms with Gasteiger partial charge in [0.1, 0.15) is 12.6 Å². The molecule has 2 aromatic carbocycles. The van der Waals surface area contributed by atoms with Crippen molar-refractivity contribution in [1.82, 2.24) is 15.1 Å². The van der Waals surface area contributed by atoms with Crippen LogP contribution in [0.25, 0.3) is 0 Å². The third-order valence-corrected chi connectivity index (χ3v) is 9.35. The topological polar surface area (TPSA) is 119 Å². The number of nitro benzene ring substituents is 1. The zero-order valence-electron chi connectivity index (χ0n) is 24.4. The van der Waals surface area contributed by atoms with Gasteiger partial charge in [0.15, 0.2) is 0 Å². The molecule has 2 aliphatic heterocycles. The van der Waals surface area contributed by atoms with E-state index < -0.39 is 6.04 Å². The maximum absolute atomic E-state index is 11.8. The molecule has 1 spiro atoms. The maximum atomic E-state index is 11.8. The van der Waals surface area contributed by atoms with Crippen LogP contribution < -0.4 is 15.1 Å². The van der Waals surface area contributed by atoms with Gasteiger partial charge in [-0.25, -0.2) is 0 Å². The number of nitrogens with zero attached hydrogens (tertiary/aromatic N) is 5. The second kappa shape index (κ2) is 12.6. The molecule has 224 valence electrons. The van der Waals surface area contributed by atoms with Gasteiger partial charge in [-0.05, 0) is 62.2 Å². The summed E-state index contributed by atoms with van der Waals surface area (Å²) >= 11 is 0. The van der Waals surface area contributed by atoms with Crippen LogP contribution in [0.3, 0.4) is 0 Å². The van der Waals surface area contributed by atoms with Gasteiger partial charge in [0.2, 0.25) is 5.91 Å². The molecular weight excluding hydrogens is 536 g/mol. The van der Waals surface area contributed by atoms with Crippen molar-refractivity contribution in [3.05, 3.63) is 63.7 Å². The van der Waals surface area contributed by atoms with Crippen molar-refractivity contribution < 1.29 is 19.3 Å². The minimum Gasteiger partial charge on any atom is -0.370 e. The molecule has 5 rings (SSSR count). The summed E-state index contributed by atoms with van der Waals surface area (Å²) in [7, 11) is 3.43. The second-order valence-electron chi connectivity index (χ2n) is 12.0. The first-order valence-electron chi connectivity index (χ1n) is 14.7. The molecule has 0 aromatic heterocycles. The van der Waals surface area contributed by atoms with E-state index in [1.807, 2.05) is 36.2 Å². The van der Waals surface area contributed by atoms with Gasteiger partial charge < -0.3 is 19.9 Å². The predicted molar refractivity (Wildman–Crippen MR) is 161 cm³/mol. The number of carbonyl (C=O) groups excluding carboxylic acids is 3. The Morgan fingerprint density at radius 2 is 1.74 bits per heavy atom. The summed E-state index contributed by atoms with van der Waals surface area (Å²) in [5.41, 5.74) is 4.11. The number of piperazine rings is 1. The van der Waals surface area contributed by atoms with Crippen LogP contribution in [0.4, 0.5) is 17.1 Å². The number of aldehydes is 2. The van der Waals surface area contributed by atoms with E-state index in [1.54, 1.807) is 19.2 Å². The van der Waals surface area contributed by atoms with Gasteiger partial charge in [0, 0.05) is 99.8 Å². The third kappa shape index (κ3) is 6.32. The number of amides is 1. The van der Waals surface area contributed by atoms with Crippen LogP contribution in [0.1, 0.15) is 41.6 Å². The predicted octanol–water partition coefficient (Wildman–Crippen LogP) is 2.72. The molecule has 3 aliphatic rings. The summed E-state index contributed by atoms with van der Waals surface area (Å²) in [6.07, 6.45) is 4.82. The average molecular weight is 577 g/mol. The molecule has 2 aromatic rings. The minimum atomic E-state index is -0.402. The summed E-state index contributed by atoms with van der Waals surface area (Å²) in [5.74, 6) is -0.0970. The quantitative estimate of drug-likeness (QED) is 0.231. The Labute approximate surface area is 246 Å². The molecule has 11 heteroatoms. The molecule has 11 nitrogen and oxygen atoms in total. The smallest absolute Gasteiger partial charge is 0.269 e. The molecule has 1 amide bonds. The Kier molecular flexibility index (Phi) is 8.88. The number of hydrogen-bond acceptors (Lipinski definition) is 9. The summed E-state index contributed by atoms with van der Waals surface area (Å²) in [4.78, 5) is 54.9. The van der Waals surface area contributed by atoms with Crippen molar-refractivity contribution in [3.8, 4) is 0 Å². The third-order valence-electron chi connectivity index (χ3n) is 9.35. The van der Waals surface area contributed by atoms with Crippen molar-refractivity contribution in [2.75, 3.05) is 63.2 Å². The Balaban J connectivity index is 1.11. The fourth-order valence-corrected chi connectivity index (χ4v) is 6.76. The molecule has 1 unspecified atom stereocenters. The molecule has 0 bridgehead atoms. The SMILES string of the molecule is CNC(=O)CCC(C=O)N(C)Cc1cc(N2CC3(CC(N4CCN(c5ccc([N+](=O)[O-])cc5)CC4)C3)C2)ccc1C=O. The fraction of sp³-hybridized carbons (Fsp3) is 0.516. The van der Waals surface area contributed by atoms with E-state index in [0.29, 0.717) is 30.0 Å². The number of anilines is 2. The Hall–Kier alpha value is -3.83. The van der Waals surface area contributed by atoms with Crippen LogP contribution in [-0.4, -0.2) is 98.7 Å². The summed E-state index contributed by atoms with van der Waals surface area (Å²) in [5, 5.41) is 13.5. The highest BCUT2D eigenvalue weighted by molar-refractivity contribution is 5.79.